The zero-order valence-electron chi connectivity index (χ0n) is 17.3. The van der Waals surface area contributed by atoms with Crippen LogP contribution in [-0.4, -0.2) is 52.9 Å². The lowest BCUT2D eigenvalue weighted by atomic mass is 10.1. The van der Waals surface area contributed by atoms with E-state index >= 15 is 0 Å². The van der Waals surface area contributed by atoms with Crippen molar-refractivity contribution < 1.29 is 4.79 Å². The lowest BCUT2D eigenvalue weighted by molar-refractivity contribution is 0.0724. The number of anilines is 2. The Hall–Kier alpha value is -2.70. The first-order valence-electron chi connectivity index (χ1n) is 9.99. The maximum absolute atomic E-state index is 12.6. The number of nitrogens with zero attached hydrogens (tertiary/aromatic N) is 5. The van der Waals surface area contributed by atoms with Crippen LogP contribution in [0.1, 0.15) is 60.8 Å². The van der Waals surface area contributed by atoms with Gasteiger partial charge in [-0.3, -0.25) is 4.79 Å². The number of carbonyl (C=O) groups excluding carboxylic acids is 1. The van der Waals surface area contributed by atoms with Gasteiger partial charge in [-0.1, -0.05) is 26.0 Å². The predicted octanol–water partition coefficient (Wildman–Crippen LogP) is 3.30. The van der Waals surface area contributed by atoms with Crippen LogP contribution >= 0.6 is 0 Å². The summed E-state index contributed by atoms with van der Waals surface area (Å²) in [7, 11) is 3.84. The van der Waals surface area contributed by atoms with Crippen molar-refractivity contribution in [2.24, 2.45) is 0 Å². The van der Waals surface area contributed by atoms with Crippen LogP contribution < -0.4 is 10.2 Å². The van der Waals surface area contributed by atoms with Crippen molar-refractivity contribution in [2.75, 3.05) is 37.4 Å². The Balaban J connectivity index is 1.65. The van der Waals surface area contributed by atoms with Gasteiger partial charge in [0.05, 0.1) is 0 Å². The third kappa shape index (κ3) is 4.97. The van der Waals surface area contributed by atoms with Gasteiger partial charge in [-0.05, 0) is 37.0 Å². The Morgan fingerprint density at radius 3 is 2.36 bits per heavy atom. The predicted molar refractivity (Wildman–Crippen MR) is 112 cm³/mol. The van der Waals surface area contributed by atoms with Gasteiger partial charge in [0.15, 0.2) is 0 Å². The molecule has 1 fully saturated rings. The summed E-state index contributed by atoms with van der Waals surface area (Å²) in [5, 5.41) is 3.28. The lowest BCUT2D eigenvalue weighted by Gasteiger charge is -2.26. The first kappa shape index (κ1) is 20.0. The van der Waals surface area contributed by atoms with E-state index in [9.17, 15) is 4.79 Å². The fourth-order valence-corrected chi connectivity index (χ4v) is 3.14. The molecule has 0 saturated carbocycles. The zero-order chi connectivity index (χ0) is 20.1. The number of benzene rings is 1. The molecule has 28 heavy (non-hydrogen) atoms. The quantitative estimate of drug-likeness (QED) is 0.826. The van der Waals surface area contributed by atoms with Crippen molar-refractivity contribution in [3.8, 4) is 0 Å². The summed E-state index contributed by atoms with van der Waals surface area (Å²) in [6.45, 7) is 6.46. The first-order valence-corrected chi connectivity index (χ1v) is 9.99. The number of aromatic nitrogens is 3. The van der Waals surface area contributed by atoms with Gasteiger partial charge in [-0.15, -0.1) is 0 Å². The first-order chi connectivity index (χ1) is 13.4. The zero-order valence-corrected chi connectivity index (χ0v) is 17.3. The van der Waals surface area contributed by atoms with Gasteiger partial charge in [0.1, 0.15) is 5.82 Å². The minimum Gasteiger partial charge on any atom is -0.350 e. The SMILES string of the molecule is CC(C)c1nc(NCc2ccc(C(=O)N3CCCCC3)cc2)nc(N(C)C)n1. The fraction of sp³-hybridized carbons (Fsp3) is 0.524. The van der Waals surface area contributed by atoms with E-state index in [1.165, 1.54) is 6.42 Å². The van der Waals surface area contributed by atoms with Crippen LogP contribution in [0.25, 0.3) is 0 Å². The van der Waals surface area contributed by atoms with Crippen LogP contribution in [0.5, 0.6) is 0 Å². The number of likely N-dealkylation sites (tertiary alicyclic amines) is 1. The van der Waals surface area contributed by atoms with Crippen LogP contribution in [0, 0.1) is 0 Å². The molecule has 1 amide bonds. The molecule has 1 saturated heterocycles. The van der Waals surface area contributed by atoms with Crippen LogP contribution in [-0.2, 0) is 6.54 Å². The third-order valence-electron chi connectivity index (χ3n) is 4.85. The molecule has 0 aliphatic carbocycles. The largest absolute Gasteiger partial charge is 0.350 e. The average molecular weight is 383 g/mol. The molecule has 0 bridgehead atoms. The Morgan fingerprint density at radius 2 is 1.75 bits per heavy atom. The number of amides is 1. The molecule has 0 spiro atoms. The number of hydrogen-bond acceptors (Lipinski definition) is 6. The van der Waals surface area contributed by atoms with E-state index < -0.39 is 0 Å². The number of piperidine rings is 1. The van der Waals surface area contributed by atoms with Crippen LogP contribution in [0.4, 0.5) is 11.9 Å². The summed E-state index contributed by atoms with van der Waals surface area (Å²) in [5.74, 6) is 2.33. The molecule has 7 nitrogen and oxygen atoms in total. The number of nitrogens with one attached hydrogen (secondary N) is 1. The fourth-order valence-electron chi connectivity index (χ4n) is 3.14. The van der Waals surface area contributed by atoms with Gasteiger partial charge in [0.2, 0.25) is 11.9 Å². The number of hydrogen-bond donors (Lipinski definition) is 1. The summed E-state index contributed by atoms with van der Waals surface area (Å²) in [4.78, 5) is 29.9. The second-order valence-electron chi connectivity index (χ2n) is 7.77. The van der Waals surface area contributed by atoms with Crippen LogP contribution in [0.2, 0.25) is 0 Å². The minimum atomic E-state index is 0.133. The molecule has 150 valence electrons. The van der Waals surface area contributed by atoms with Crippen molar-refractivity contribution in [1.82, 2.24) is 19.9 Å². The van der Waals surface area contributed by atoms with Crippen molar-refractivity contribution in [3.05, 3.63) is 41.2 Å². The topological polar surface area (TPSA) is 74.2 Å². The molecule has 1 aromatic heterocycles. The summed E-state index contributed by atoms with van der Waals surface area (Å²) < 4.78 is 0. The molecule has 0 radical (unpaired) electrons. The third-order valence-corrected chi connectivity index (χ3v) is 4.85. The summed E-state index contributed by atoms with van der Waals surface area (Å²) in [6, 6.07) is 7.79. The second-order valence-corrected chi connectivity index (χ2v) is 7.77. The maximum atomic E-state index is 12.6. The maximum Gasteiger partial charge on any atom is 0.253 e. The van der Waals surface area contributed by atoms with E-state index in [1.54, 1.807) is 0 Å². The minimum absolute atomic E-state index is 0.133. The van der Waals surface area contributed by atoms with E-state index in [0.29, 0.717) is 18.4 Å². The van der Waals surface area contributed by atoms with E-state index in [-0.39, 0.29) is 11.8 Å². The smallest absolute Gasteiger partial charge is 0.253 e. The van der Waals surface area contributed by atoms with Crippen LogP contribution in [0.3, 0.4) is 0 Å². The highest BCUT2D eigenvalue weighted by molar-refractivity contribution is 5.94. The van der Waals surface area contributed by atoms with E-state index in [4.69, 9.17) is 0 Å². The summed E-state index contributed by atoms with van der Waals surface area (Å²) in [6.07, 6.45) is 3.43. The molecule has 2 heterocycles. The van der Waals surface area contributed by atoms with E-state index in [1.807, 2.05) is 48.2 Å². The number of carbonyl (C=O) groups is 1. The summed E-state index contributed by atoms with van der Waals surface area (Å²) in [5.41, 5.74) is 1.83. The van der Waals surface area contributed by atoms with Gasteiger partial charge < -0.3 is 15.1 Å². The molecule has 1 aliphatic rings. The molecular formula is C21H30N6O. The van der Waals surface area contributed by atoms with Gasteiger partial charge in [-0.2, -0.15) is 15.0 Å². The standard InChI is InChI=1S/C21H30N6O/c1-15(2)18-23-20(25-21(24-18)26(3)4)22-14-16-8-10-17(11-9-16)19(28)27-12-6-5-7-13-27/h8-11,15H,5-7,12-14H2,1-4H3,(H,22,23,24,25). The molecule has 1 aliphatic heterocycles. The Bertz CT molecular complexity index is 771. The highest BCUT2D eigenvalue weighted by atomic mass is 16.2. The van der Waals surface area contributed by atoms with Crippen molar-refractivity contribution >= 4 is 17.8 Å². The Kier molecular flexibility index (Phi) is 6.44. The normalized spacial score (nSPS) is 14.2. The Morgan fingerprint density at radius 1 is 1.07 bits per heavy atom. The van der Waals surface area contributed by atoms with Gasteiger partial charge in [0.25, 0.3) is 5.91 Å². The molecule has 1 N–H and O–H groups in total. The van der Waals surface area contributed by atoms with Gasteiger partial charge in [-0.25, -0.2) is 0 Å². The summed E-state index contributed by atoms with van der Waals surface area (Å²) >= 11 is 0. The Labute approximate surface area is 167 Å². The average Bonchev–Trinajstić information content (AvgIpc) is 2.72. The molecular weight excluding hydrogens is 352 g/mol. The van der Waals surface area contributed by atoms with Crippen molar-refractivity contribution in [2.45, 2.75) is 45.6 Å². The molecule has 1 aromatic carbocycles. The van der Waals surface area contributed by atoms with E-state index in [0.717, 1.165) is 42.9 Å². The molecule has 0 unspecified atom stereocenters. The van der Waals surface area contributed by atoms with Gasteiger partial charge >= 0.3 is 0 Å². The monoisotopic (exact) mass is 382 g/mol. The van der Waals surface area contributed by atoms with Crippen LogP contribution in [0.15, 0.2) is 24.3 Å². The molecule has 7 heteroatoms. The highest BCUT2D eigenvalue weighted by Crippen LogP contribution is 2.17. The molecule has 0 atom stereocenters. The highest BCUT2D eigenvalue weighted by Gasteiger charge is 2.18. The molecule has 3 rings (SSSR count). The lowest BCUT2D eigenvalue weighted by Crippen LogP contribution is -2.35. The molecule has 2 aromatic rings. The van der Waals surface area contributed by atoms with E-state index in [2.05, 4.69) is 34.1 Å². The number of rotatable bonds is 6. The second kappa shape index (κ2) is 8.99. The van der Waals surface area contributed by atoms with Crippen molar-refractivity contribution in [3.63, 3.8) is 0 Å². The van der Waals surface area contributed by atoms with Gasteiger partial charge in [0, 0.05) is 45.2 Å². The van der Waals surface area contributed by atoms with Crippen molar-refractivity contribution in [1.29, 1.82) is 0 Å².